The van der Waals surface area contributed by atoms with Crippen LogP contribution in [0.5, 0.6) is 0 Å². The van der Waals surface area contributed by atoms with Crippen molar-refractivity contribution in [1.82, 2.24) is 5.32 Å². The van der Waals surface area contributed by atoms with Gasteiger partial charge in [-0.15, -0.1) is 0 Å². The summed E-state index contributed by atoms with van der Waals surface area (Å²) >= 11 is 0. The SMILES string of the molecule is COC(=O)CC(C)(C)NC=O. The van der Waals surface area contributed by atoms with Crippen molar-refractivity contribution in [3.05, 3.63) is 0 Å². The fourth-order valence-electron chi connectivity index (χ4n) is 0.644. The van der Waals surface area contributed by atoms with E-state index in [2.05, 4.69) is 10.1 Å². The van der Waals surface area contributed by atoms with E-state index in [-0.39, 0.29) is 12.4 Å². The van der Waals surface area contributed by atoms with Gasteiger partial charge in [0.2, 0.25) is 6.41 Å². The monoisotopic (exact) mass is 159 g/mol. The maximum absolute atomic E-state index is 10.7. The first-order valence-electron chi connectivity index (χ1n) is 3.30. The minimum atomic E-state index is -0.519. The fraction of sp³-hybridized carbons (Fsp3) is 0.714. The normalized spacial score (nSPS) is 10.5. The van der Waals surface area contributed by atoms with E-state index in [1.54, 1.807) is 13.8 Å². The molecule has 0 heterocycles. The molecular weight excluding hydrogens is 146 g/mol. The molecule has 0 aromatic heterocycles. The van der Waals surface area contributed by atoms with Crippen LogP contribution in [-0.2, 0) is 14.3 Å². The van der Waals surface area contributed by atoms with Gasteiger partial charge in [0.25, 0.3) is 0 Å². The second-order valence-electron chi connectivity index (χ2n) is 2.90. The Morgan fingerprint density at radius 1 is 1.64 bits per heavy atom. The maximum atomic E-state index is 10.7. The van der Waals surface area contributed by atoms with Gasteiger partial charge in [0.05, 0.1) is 13.5 Å². The number of nitrogens with one attached hydrogen (secondary N) is 1. The van der Waals surface area contributed by atoms with Crippen LogP contribution in [0.1, 0.15) is 20.3 Å². The van der Waals surface area contributed by atoms with Crippen LogP contribution in [0.4, 0.5) is 0 Å². The van der Waals surface area contributed by atoms with Gasteiger partial charge in [-0.3, -0.25) is 9.59 Å². The van der Waals surface area contributed by atoms with Crippen molar-refractivity contribution in [1.29, 1.82) is 0 Å². The fourth-order valence-corrected chi connectivity index (χ4v) is 0.644. The van der Waals surface area contributed by atoms with Crippen molar-refractivity contribution in [3.8, 4) is 0 Å². The Labute approximate surface area is 65.9 Å². The number of esters is 1. The van der Waals surface area contributed by atoms with Crippen molar-refractivity contribution in [2.75, 3.05) is 7.11 Å². The summed E-state index contributed by atoms with van der Waals surface area (Å²) in [4.78, 5) is 20.8. The third-order valence-electron chi connectivity index (χ3n) is 1.26. The van der Waals surface area contributed by atoms with E-state index < -0.39 is 5.54 Å². The highest BCUT2D eigenvalue weighted by Crippen LogP contribution is 2.07. The summed E-state index contributed by atoms with van der Waals surface area (Å²) in [7, 11) is 1.32. The summed E-state index contributed by atoms with van der Waals surface area (Å²) < 4.78 is 4.44. The molecule has 1 amide bonds. The molecule has 11 heavy (non-hydrogen) atoms. The summed E-state index contributed by atoms with van der Waals surface area (Å²) in [6, 6.07) is 0. The van der Waals surface area contributed by atoms with E-state index in [0.717, 1.165) is 0 Å². The summed E-state index contributed by atoms with van der Waals surface area (Å²) in [5.74, 6) is -0.329. The highest BCUT2D eigenvalue weighted by Gasteiger charge is 2.20. The molecule has 0 aromatic carbocycles. The Morgan fingerprint density at radius 2 is 2.18 bits per heavy atom. The average molecular weight is 159 g/mol. The largest absolute Gasteiger partial charge is 0.469 e. The van der Waals surface area contributed by atoms with E-state index in [1.165, 1.54) is 7.11 Å². The number of hydrogen-bond acceptors (Lipinski definition) is 3. The molecule has 0 spiro atoms. The number of amides is 1. The van der Waals surface area contributed by atoms with E-state index >= 15 is 0 Å². The van der Waals surface area contributed by atoms with Crippen molar-refractivity contribution >= 4 is 12.4 Å². The van der Waals surface area contributed by atoms with Gasteiger partial charge >= 0.3 is 5.97 Å². The predicted molar refractivity (Wildman–Crippen MR) is 39.9 cm³/mol. The van der Waals surface area contributed by atoms with E-state index in [1.807, 2.05) is 0 Å². The van der Waals surface area contributed by atoms with Crippen molar-refractivity contribution < 1.29 is 14.3 Å². The zero-order valence-electron chi connectivity index (χ0n) is 7.01. The van der Waals surface area contributed by atoms with Gasteiger partial charge < -0.3 is 10.1 Å². The number of methoxy groups -OCH3 is 1. The van der Waals surface area contributed by atoms with E-state index in [4.69, 9.17) is 0 Å². The molecule has 0 aliphatic rings. The smallest absolute Gasteiger partial charge is 0.307 e. The zero-order chi connectivity index (χ0) is 8.91. The Balaban J connectivity index is 3.89. The Kier molecular flexibility index (Phi) is 3.57. The van der Waals surface area contributed by atoms with E-state index in [0.29, 0.717) is 6.41 Å². The standard InChI is InChI=1S/C7H13NO3/c1-7(2,8-5-9)4-6(10)11-3/h5H,4H2,1-3H3,(H,8,9). The lowest BCUT2D eigenvalue weighted by molar-refractivity contribution is -0.142. The molecule has 0 atom stereocenters. The molecule has 4 nitrogen and oxygen atoms in total. The molecule has 0 aromatic rings. The molecule has 0 bridgehead atoms. The molecule has 0 aliphatic carbocycles. The number of carbonyl (C=O) groups excluding carboxylic acids is 2. The first-order valence-corrected chi connectivity index (χ1v) is 3.30. The van der Waals surface area contributed by atoms with Gasteiger partial charge in [-0.25, -0.2) is 0 Å². The molecule has 64 valence electrons. The molecule has 4 heteroatoms. The minimum absolute atomic E-state index is 0.183. The van der Waals surface area contributed by atoms with Gasteiger partial charge in [-0.05, 0) is 13.8 Å². The minimum Gasteiger partial charge on any atom is -0.469 e. The summed E-state index contributed by atoms with van der Waals surface area (Å²) in [6.45, 7) is 3.50. The van der Waals surface area contributed by atoms with Gasteiger partial charge in [-0.1, -0.05) is 0 Å². The first kappa shape index (κ1) is 9.94. The second-order valence-corrected chi connectivity index (χ2v) is 2.90. The lowest BCUT2D eigenvalue weighted by Crippen LogP contribution is -2.40. The van der Waals surface area contributed by atoms with Crippen molar-refractivity contribution in [3.63, 3.8) is 0 Å². The van der Waals surface area contributed by atoms with Gasteiger partial charge in [0.15, 0.2) is 0 Å². The van der Waals surface area contributed by atoms with Crippen LogP contribution in [0.2, 0.25) is 0 Å². The van der Waals surface area contributed by atoms with Crippen LogP contribution < -0.4 is 5.32 Å². The third kappa shape index (κ3) is 4.36. The molecular formula is C7H13NO3. The Morgan fingerprint density at radius 3 is 2.55 bits per heavy atom. The molecule has 1 N–H and O–H groups in total. The highest BCUT2D eigenvalue weighted by molar-refractivity contribution is 5.71. The molecule has 0 aliphatic heterocycles. The summed E-state index contributed by atoms with van der Waals surface area (Å²) in [6.07, 6.45) is 0.755. The molecule has 0 rings (SSSR count). The second kappa shape index (κ2) is 3.95. The third-order valence-corrected chi connectivity index (χ3v) is 1.26. The van der Waals surface area contributed by atoms with Crippen LogP contribution in [0.25, 0.3) is 0 Å². The lowest BCUT2D eigenvalue weighted by atomic mass is 10.0. The number of rotatable bonds is 4. The molecule has 0 radical (unpaired) electrons. The number of ether oxygens (including phenoxy) is 1. The Hall–Kier alpha value is -1.06. The molecule has 0 fully saturated rings. The number of hydrogen-bond donors (Lipinski definition) is 1. The van der Waals surface area contributed by atoms with Crippen molar-refractivity contribution in [2.24, 2.45) is 0 Å². The van der Waals surface area contributed by atoms with Crippen LogP contribution >= 0.6 is 0 Å². The maximum Gasteiger partial charge on any atom is 0.307 e. The molecule has 0 saturated carbocycles. The average Bonchev–Trinajstić information content (AvgIpc) is 1.86. The molecule has 0 saturated heterocycles. The van der Waals surface area contributed by atoms with Gasteiger partial charge in [-0.2, -0.15) is 0 Å². The number of carbonyl (C=O) groups is 2. The van der Waals surface area contributed by atoms with Crippen LogP contribution in [0.15, 0.2) is 0 Å². The quantitative estimate of drug-likeness (QED) is 0.466. The van der Waals surface area contributed by atoms with Gasteiger partial charge in [0.1, 0.15) is 0 Å². The van der Waals surface area contributed by atoms with Gasteiger partial charge in [0, 0.05) is 5.54 Å². The summed E-state index contributed by atoms with van der Waals surface area (Å²) in [5, 5.41) is 2.51. The summed E-state index contributed by atoms with van der Waals surface area (Å²) in [5.41, 5.74) is -0.519. The Bertz CT molecular complexity index is 154. The lowest BCUT2D eigenvalue weighted by Gasteiger charge is -2.21. The topological polar surface area (TPSA) is 55.4 Å². The molecule has 0 unspecified atom stereocenters. The van der Waals surface area contributed by atoms with E-state index in [9.17, 15) is 9.59 Å². The first-order chi connectivity index (χ1) is 5.02. The van der Waals surface area contributed by atoms with Crippen molar-refractivity contribution in [2.45, 2.75) is 25.8 Å². The highest BCUT2D eigenvalue weighted by atomic mass is 16.5. The van der Waals surface area contributed by atoms with Crippen LogP contribution in [0, 0.1) is 0 Å². The van der Waals surface area contributed by atoms with Crippen LogP contribution in [-0.4, -0.2) is 25.0 Å². The zero-order valence-corrected chi connectivity index (χ0v) is 7.01. The predicted octanol–water partition coefficient (Wildman–Crippen LogP) is 0.0741. The van der Waals surface area contributed by atoms with Crippen LogP contribution in [0.3, 0.4) is 0 Å².